The van der Waals surface area contributed by atoms with Crippen molar-refractivity contribution in [2.45, 2.75) is 65.8 Å². The Labute approximate surface area is 228 Å². The van der Waals surface area contributed by atoms with E-state index in [1.54, 1.807) is 0 Å². The minimum atomic E-state index is -0.171. The maximum absolute atomic E-state index is 13.5. The van der Waals surface area contributed by atoms with Crippen LogP contribution in [0.4, 0.5) is 0 Å². The van der Waals surface area contributed by atoms with Gasteiger partial charge in [-0.25, -0.2) is 0 Å². The molecular formula is C30H52N3O3P. The minimum absolute atomic E-state index is 0.171. The van der Waals surface area contributed by atoms with Gasteiger partial charge < -0.3 is 19.3 Å². The number of hydrogen-bond acceptors (Lipinski definition) is 5. The summed E-state index contributed by atoms with van der Waals surface area (Å²) < 4.78 is 11.0. The first-order chi connectivity index (χ1) is 17.7. The van der Waals surface area contributed by atoms with Crippen molar-refractivity contribution in [3.8, 4) is 0 Å². The number of carbonyl (C=O) groups is 1. The molecule has 0 bridgehead atoms. The summed E-state index contributed by atoms with van der Waals surface area (Å²) in [5.74, 6) is 4.92. The molecule has 0 radical (unpaired) electrons. The van der Waals surface area contributed by atoms with Crippen molar-refractivity contribution in [2.75, 3.05) is 66.4 Å². The molecule has 0 aromatic carbocycles. The van der Waals surface area contributed by atoms with Crippen LogP contribution in [0.5, 0.6) is 0 Å². The van der Waals surface area contributed by atoms with E-state index < -0.39 is 0 Å². The van der Waals surface area contributed by atoms with Crippen molar-refractivity contribution in [3.63, 3.8) is 0 Å². The molecule has 2 unspecified atom stereocenters. The Bertz CT molecular complexity index is 817. The van der Waals surface area contributed by atoms with Crippen LogP contribution >= 0.6 is 7.92 Å². The number of rotatable bonds is 15. The quantitative estimate of drug-likeness (QED) is 0.241. The normalized spacial score (nSPS) is 23.1. The van der Waals surface area contributed by atoms with Gasteiger partial charge in [-0.05, 0) is 98.0 Å². The first-order valence-electron chi connectivity index (χ1n) is 14.0. The van der Waals surface area contributed by atoms with Gasteiger partial charge in [-0.15, -0.1) is 0 Å². The summed E-state index contributed by atoms with van der Waals surface area (Å²) in [4.78, 5) is 20.3. The van der Waals surface area contributed by atoms with E-state index in [-0.39, 0.29) is 7.92 Å². The van der Waals surface area contributed by atoms with Gasteiger partial charge in [-0.1, -0.05) is 44.8 Å². The van der Waals surface area contributed by atoms with E-state index in [1.807, 2.05) is 19.1 Å². The zero-order chi connectivity index (χ0) is 27.2. The van der Waals surface area contributed by atoms with Crippen molar-refractivity contribution in [2.24, 2.45) is 5.92 Å². The predicted molar refractivity (Wildman–Crippen MR) is 158 cm³/mol. The molecule has 2 fully saturated rings. The third-order valence-corrected chi connectivity index (χ3v) is 8.84. The summed E-state index contributed by atoms with van der Waals surface area (Å²) in [6.45, 7) is 15.5. The molecule has 0 saturated carbocycles. The zero-order valence-electron chi connectivity index (χ0n) is 24.5. The third kappa shape index (κ3) is 11.8. The Hall–Kier alpha value is -1.62. The number of unbranched alkanes of at least 4 members (excludes halogenated alkanes) is 1. The SMILES string of the molecule is C/C=C1/OCO/C1=C/C=C/CC1C[C@H](CP(C)C=C(C)C)N(CC(=O)N(CCCC)CCCN(C)C)C1. The zero-order valence-corrected chi connectivity index (χ0v) is 25.4. The lowest BCUT2D eigenvalue weighted by atomic mass is 10.0. The van der Waals surface area contributed by atoms with E-state index in [1.165, 1.54) is 11.7 Å². The Balaban J connectivity index is 2.03. The fourth-order valence-electron chi connectivity index (χ4n) is 5.11. The highest BCUT2D eigenvalue weighted by atomic mass is 31.1. The molecule has 0 aliphatic carbocycles. The first-order valence-corrected chi connectivity index (χ1v) is 16.1. The van der Waals surface area contributed by atoms with Crippen LogP contribution in [0.2, 0.25) is 0 Å². The molecule has 0 spiro atoms. The van der Waals surface area contributed by atoms with Gasteiger partial charge in [0.15, 0.2) is 11.5 Å². The second-order valence-corrected chi connectivity index (χ2v) is 13.1. The highest BCUT2D eigenvalue weighted by Gasteiger charge is 2.34. The molecule has 37 heavy (non-hydrogen) atoms. The van der Waals surface area contributed by atoms with Crippen LogP contribution in [0.25, 0.3) is 0 Å². The van der Waals surface area contributed by atoms with Crippen molar-refractivity contribution in [1.82, 2.24) is 14.7 Å². The monoisotopic (exact) mass is 533 g/mol. The first kappa shape index (κ1) is 31.6. The Morgan fingerprint density at radius 2 is 1.86 bits per heavy atom. The predicted octanol–water partition coefficient (Wildman–Crippen LogP) is 6.03. The van der Waals surface area contributed by atoms with E-state index in [0.717, 1.165) is 69.8 Å². The van der Waals surface area contributed by atoms with Crippen LogP contribution in [-0.2, 0) is 14.3 Å². The standard InChI is InChI=1S/C30H52N3O3P/c1-8-10-17-32(18-13-16-31(5)6)30(34)21-33-20-26(19-27(33)23-37(7)22-25(3)4)14-11-12-15-29-28(9-2)35-24-36-29/h9,11-12,15,22,26-27H,8,10,13-14,16-21,23-24H2,1-7H3/b12-11+,28-9+,29-15+/t26?,27-,37?/m1/s1. The number of carbonyl (C=O) groups excluding carboxylic acids is 1. The second kappa shape index (κ2) is 17.1. The third-order valence-electron chi connectivity index (χ3n) is 6.88. The average molecular weight is 534 g/mol. The molecule has 2 saturated heterocycles. The molecule has 2 aliphatic heterocycles. The molecule has 3 atom stereocenters. The molecule has 7 heteroatoms. The topological polar surface area (TPSA) is 45.3 Å². The van der Waals surface area contributed by atoms with Crippen LogP contribution in [0.15, 0.2) is 47.2 Å². The fraction of sp³-hybridized carbons (Fsp3) is 0.700. The molecule has 0 aromatic heterocycles. The van der Waals surface area contributed by atoms with Gasteiger partial charge in [-0.2, -0.15) is 0 Å². The van der Waals surface area contributed by atoms with Gasteiger partial charge in [0.25, 0.3) is 0 Å². The van der Waals surface area contributed by atoms with Gasteiger partial charge >= 0.3 is 0 Å². The molecular weight excluding hydrogens is 481 g/mol. The maximum Gasteiger partial charge on any atom is 0.236 e. The van der Waals surface area contributed by atoms with Gasteiger partial charge in [-0.3, -0.25) is 9.69 Å². The maximum atomic E-state index is 13.5. The summed E-state index contributed by atoms with van der Waals surface area (Å²) in [5, 5.41) is 0. The van der Waals surface area contributed by atoms with Crippen LogP contribution in [0.3, 0.4) is 0 Å². The largest absolute Gasteiger partial charge is 0.454 e. The van der Waals surface area contributed by atoms with Crippen molar-refractivity contribution < 1.29 is 14.3 Å². The summed E-state index contributed by atoms with van der Waals surface area (Å²) in [6.07, 6.45) is 14.8. The molecule has 1 amide bonds. The summed E-state index contributed by atoms with van der Waals surface area (Å²) >= 11 is 0. The molecule has 0 aromatic rings. The fourth-order valence-corrected chi connectivity index (χ4v) is 7.14. The number of nitrogens with zero attached hydrogens (tertiary/aromatic N) is 3. The van der Waals surface area contributed by atoms with Gasteiger partial charge in [0.1, 0.15) is 0 Å². The number of likely N-dealkylation sites (tertiary alicyclic amines) is 1. The highest BCUT2D eigenvalue weighted by Crippen LogP contribution is 2.39. The van der Waals surface area contributed by atoms with E-state index in [2.05, 4.69) is 74.2 Å². The Kier molecular flexibility index (Phi) is 14.6. The summed E-state index contributed by atoms with van der Waals surface area (Å²) in [6, 6.07) is 0.475. The Morgan fingerprint density at radius 1 is 1.14 bits per heavy atom. The molecule has 6 nitrogen and oxygen atoms in total. The second-order valence-electron chi connectivity index (χ2n) is 11.0. The molecule has 0 N–H and O–H groups in total. The Morgan fingerprint density at radius 3 is 2.54 bits per heavy atom. The van der Waals surface area contributed by atoms with Crippen LogP contribution < -0.4 is 0 Å². The number of ether oxygens (including phenoxy) is 2. The van der Waals surface area contributed by atoms with Crippen molar-refractivity contribution in [1.29, 1.82) is 0 Å². The molecule has 2 rings (SSSR count). The van der Waals surface area contributed by atoms with Crippen LogP contribution in [0, 0.1) is 5.92 Å². The van der Waals surface area contributed by atoms with Gasteiger partial charge in [0.05, 0.1) is 6.54 Å². The number of allylic oxidation sites excluding steroid dienone is 5. The molecule has 2 aliphatic rings. The summed E-state index contributed by atoms with van der Waals surface area (Å²) in [7, 11) is 4.03. The lowest BCUT2D eigenvalue weighted by Gasteiger charge is -2.30. The van der Waals surface area contributed by atoms with E-state index in [9.17, 15) is 4.79 Å². The van der Waals surface area contributed by atoms with Crippen LogP contribution in [-0.4, -0.2) is 93.1 Å². The van der Waals surface area contributed by atoms with Crippen molar-refractivity contribution >= 4 is 13.8 Å². The number of amides is 1. The van der Waals surface area contributed by atoms with Crippen LogP contribution in [0.1, 0.15) is 59.8 Å². The highest BCUT2D eigenvalue weighted by molar-refractivity contribution is 7.60. The van der Waals surface area contributed by atoms with Gasteiger partial charge in [0.2, 0.25) is 12.7 Å². The van der Waals surface area contributed by atoms with E-state index in [0.29, 0.717) is 31.2 Å². The lowest BCUT2D eigenvalue weighted by Crippen LogP contribution is -2.44. The van der Waals surface area contributed by atoms with Crippen molar-refractivity contribution in [3.05, 3.63) is 47.2 Å². The van der Waals surface area contributed by atoms with E-state index >= 15 is 0 Å². The number of hydrogen-bond donors (Lipinski definition) is 0. The minimum Gasteiger partial charge on any atom is -0.454 e. The lowest BCUT2D eigenvalue weighted by molar-refractivity contribution is -0.132. The molecule has 210 valence electrons. The smallest absolute Gasteiger partial charge is 0.236 e. The summed E-state index contributed by atoms with van der Waals surface area (Å²) in [5.41, 5.74) is 1.40. The average Bonchev–Trinajstić information content (AvgIpc) is 3.44. The van der Waals surface area contributed by atoms with E-state index in [4.69, 9.17) is 9.47 Å². The molecule has 2 heterocycles. The van der Waals surface area contributed by atoms with Gasteiger partial charge in [0, 0.05) is 25.7 Å².